The minimum absolute atomic E-state index is 0.0461. The van der Waals surface area contributed by atoms with Crippen LogP contribution in [-0.2, 0) is 19.2 Å². The van der Waals surface area contributed by atoms with Crippen LogP contribution in [0.4, 0.5) is 0 Å². The summed E-state index contributed by atoms with van der Waals surface area (Å²) in [7, 11) is 0. The summed E-state index contributed by atoms with van der Waals surface area (Å²) in [6.07, 6.45) is 6.78. The molecule has 0 rings (SSSR count). The number of amides is 2. The van der Waals surface area contributed by atoms with Gasteiger partial charge in [-0.1, -0.05) is 39.0 Å². The number of nitrogens with two attached hydrogens (primary N) is 1. The summed E-state index contributed by atoms with van der Waals surface area (Å²) >= 11 is 1.52. The van der Waals surface area contributed by atoms with E-state index in [2.05, 4.69) is 17.6 Å². The van der Waals surface area contributed by atoms with E-state index in [0.29, 0.717) is 5.75 Å². The number of nitrogens with one attached hydrogen (secondary N) is 2. The molecular weight excluding hydrogens is 386 g/mol. The molecule has 0 bridgehead atoms. The van der Waals surface area contributed by atoms with Gasteiger partial charge in [-0.3, -0.25) is 19.2 Å². The average molecular weight is 420 g/mol. The van der Waals surface area contributed by atoms with Crippen molar-refractivity contribution >= 4 is 35.5 Å². The molecule has 6 N–H and O–H groups in total. The SMILES string of the molecule is CCCCCCCCSC[C@H](NC(=O)CC[C@@H](N)C(=O)O)C(=O)NCC(=O)O. The Kier molecular flexibility index (Phi) is 15.1. The van der Waals surface area contributed by atoms with Crippen LogP contribution in [0.15, 0.2) is 0 Å². The Morgan fingerprint density at radius 3 is 2.29 bits per heavy atom. The van der Waals surface area contributed by atoms with Crippen molar-refractivity contribution in [1.82, 2.24) is 10.6 Å². The zero-order chi connectivity index (χ0) is 21.4. The number of thioether (sulfide) groups is 1. The first-order valence-electron chi connectivity index (χ1n) is 9.62. The molecule has 0 aliphatic heterocycles. The molecule has 0 unspecified atom stereocenters. The highest BCUT2D eigenvalue weighted by Gasteiger charge is 2.22. The first-order chi connectivity index (χ1) is 13.3. The normalized spacial score (nSPS) is 12.8. The molecule has 0 fully saturated rings. The van der Waals surface area contributed by atoms with E-state index in [-0.39, 0.29) is 12.8 Å². The lowest BCUT2D eigenvalue weighted by atomic mass is 10.1. The van der Waals surface area contributed by atoms with Crippen LogP contribution in [0.5, 0.6) is 0 Å². The highest BCUT2D eigenvalue weighted by atomic mass is 32.2. The maximum absolute atomic E-state index is 12.1. The quantitative estimate of drug-likeness (QED) is 0.218. The molecule has 10 heteroatoms. The highest BCUT2D eigenvalue weighted by Crippen LogP contribution is 2.11. The second-order valence-electron chi connectivity index (χ2n) is 6.56. The summed E-state index contributed by atoms with van der Waals surface area (Å²) < 4.78 is 0. The van der Waals surface area contributed by atoms with Crippen molar-refractivity contribution in [1.29, 1.82) is 0 Å². The number of rotatable bonds is 17. The second-order valence-corrected chi connectivity index (χ2v) is 7.71. The number of carboxylic acid groups (broad SMARTS) is 2. The largest absolute Gasteiger partial charge is 0.480 e. The van der Waals surface area contributed by atoms with Crippen molar-refractivity contribution in [3.8, 4) is 0 Å². The summed E-state index contributed by atoms with van der Waals surface area (Å²) in [4.78, 5) is 45.5. The van der Waals surface area contributed by atoms with E-state index in [1.54, 1.807) is 0 Å². The van der Waals surface area contributed by atoms with Crippen molar-refractivity contribution in [3.63, 3.8) is 0 Å². The Bertz CT molecular complexity index is 504. The molecule has 2 atom stereocenters. The molecule has 0 aromatic rings. The molecule has 0 radical (unpaired) electrons. The standard InChI is InChI=1S/C18H33N3O6S/c1-2-3-4-5-6-7-10-28-12-14(17(25)20-11-16(23)24)21-15(22)9-8-13(19)18(26)27/h13-14H,2-12,19H2,1H3,(H,20,25)(H,21,22)(H,23,24)(H,26,27)/t13-,14+/m1/s1. The number of carbonyl (C=O) groups excluding carboxylic acids is 2. The molecule has 0 saturated heterocycles. The van der Waals surface area contributed by atoms with E-state index in [9.17, 15) is 19.2 Å². The first kappa shape index (κ1) is 26.2. The predicted octanol–water partition coefficient (Wildman–Crippen LogP) is 0.958. The van der Waals surface area contributed by atoms with Crippen LogP contribution in [-0.4, -0.2) is 64.1 Å². The molecule has 0 aromatic heterocycles. The van der Waals surface area contributed by atoms with E-state index in [0.717, 1.165) is 18.6 Å². The summed E-state index contributed by atoms with van der Waals surface area (Å²) in [5.41, 5.74) is 5.37. The zero-order valence-corrected chi connectivity index (χ0v) is 17.3. The fourth-order valence-corrected chi connectivity index (χ4v) is 3.38. The second kappa shape index (κ2) is 16.2. The van der Waals surface area contributed by atoms with Gasteiger partial charge in [-0.25, -0.2) is 0 Å². The lowest BCUT2D eigenvalue weighted by Crippen LogP contribution is -2.49. The van der Waals surface area contributed by atoms with Gasteiger partial charge in [0.1, 0.15) is 18.6 Å². The third-order valence-electron chi connectivity index (χ3n) is 3.99. The van der Waals surface area contributed by atoms with Gasteiger partial charge in [-0.05, 0) is 18.6 Å². The van der Waals surface area contributed by atoms with Crippen LogP contribution in [0.1, 0.15) is 58.3 Å². The maximum Gasteiger partial charge on any atom is 0.322 e. The van der Waals surface area contributed by atoms with Crippen LogP contribution >= 0.6 is 11.8 Å². The summed E-state index contributed by atoms with van der Waals surface area (Å²) in [6.45, 7) is 1.63. The summed E-state index contributed by atoms with van der Waals surface area (Å²) in [5, 5.41) is 22.2. The Hall–Kier alpha value is -1.81. The van der Waals surface area contributed by atoms with E-state index < -0.39 is 42.4 Å². The van der Waals surface area contributed by atoms with Gasteiger partial charge in [0.15, 0.2) is 0 Å². The molecule has 0 spiro atoms. The van der Waals surface area contributed by atoms with E-state index in [1.165, 1.54) is 37.4 Å². The molecule has 2 amide bonds. The summed E-state index contributed by atoms with van der Waals surface area (Å²) in [5.74, 6) is -2.28. The van der Waals surface area contributed by atoms with Gasteiger partial charge in [0.2, 0.25) is 11.8 Å². The lowest BCUT2D eigenvalue weighted by molar-refractivity contribution is -0.139. The molecule has 0 saturated carbocycles. The topological polar surface area (TPSA) is 159 Å². The van der Waals surface area contributed by atoms with Crippen molar-refractivity contribution in [3.05, 3.63) is 0 Å². The van der Waals surface area contributed by atoms with Gasteiger partial charge in [0.25, 0.3) is 0 Å². The third kappa shape index (κ3) is 14.3. The van der Waals surface area contributed by atoms with E-state index in [1.807, 2.05) is 0 Å². The molecule has 0 aromatic carbocycles. The van der Waals surface area contributed by atoms with Crippen molar-refractivity contribution in [2.24, 2.45) is 5.73 Å². The van der Waals surface area contributed by atoms with Crippen molar-refractivity contribution in [2.45, 2.75) is 70.4 Å². The van der Waals surface area contributed by atoms with Crippen molar-refractivity contribution in [2.75, 3.05) is 18.1 Å². The number of hydrogen-bond acceptors (Lipinski definition) is 6. The van der Waals surface area contributed by atoms with Crippen LogP contribution in [0, 0.1) is 0 Å². The Morgan fingerprint density at radius 1 is 1.04 bits per heavy atom. The summed E-state index contributed by atoms with van der Waals surface area (Å²) in [6, 6.07) is -2.02. The van der Waals surface area contributed by atoms with Gasteiger partial charge in [0.05, 0.1) is 0 Å². The van der Waals surface area contributed by atoms with E-state index >= 15 is 0 Å². The molecule has 9 nitrogen and oxygen atoms in total. The van der Waals surface area contributed by atoms with Crippen LogP contribution in [0.3, 0.4) is 0 Å². The predicted molar refractivity (Wildman–Crippen MR) is 108 cm³/mol. The van der Waals surface area contributed by atoms with Gasteiger partial charge in [0, 0.05) is 12.2 Å². The first-order valence-corrected chi connectivity index (χ1v) is 10.8. The molecule has 28 heavy (non-hydrogen) atoms. The van der Waals surface area contributed by atoms with Gasteiger partial charge >= 0.3 is 11.9 Å². The fraction of sp³-hybridized carbons (Fsp3) is 0.778. The van der Waals surface area contributed by atoms with Crippen LogP contribution in [0.25, 0.3) is 0 Å². The average Bonchev–Trinajstić information content (AvgIpc) is 2.64. The number of aliphatic carboxylic acids is 2. The number of carboxylic acids is 2. The molecule has 0 aliphatic carbocycles. The molecule has 0 heterocycles. The Balaban J connectivity index is 4.37. The highest BCUT2D eigenvalue weighted by molar-refractivity contribution is 7.99. The zero-order valence-electron chi connectivity index (χ0n) is 16.4. The number of carbonyl (C=O) groups is 4. The van der Waals surface area contributed by atoms with Gasteiger partial charge in [-0.2, -0.15) is 11.8 Å². The van der Waals surface area contributed by atoms with Crippen LogP contribution < -0.4 is 16.4 Å². The Labute approximate surface area is 170 Å². The maximum atomic E-state index is 12.1. The minimum Gasteiger partial charge on any atom is -0.480 e. The molecule has 0 aliphatic rings. The lowest BCUT2D eigenvalue weighted by Gasteiger charge is -2.18. The number of unbranched alkanes of at least 4 members (excludes halogenated alkanes) is 5. The number of hydrogen-bond donors (Lipinski definition) is 5. The minimum atomic E-state index is -1.20. The van der Waals surface area contributed by atoms with Gasteiger partial charge in [-0.15, -0.1) is 0 Å². The van der Waals surface area contributed by atoms with E-state index in [4.69, 9.17) is 15.9 Å². The Morgan fingerprint density at radius 2 is 1.68 bits per heavy atom. The molecular formula is C18H33N3O6S. The fourth-order valence-electron chi connectivity index (χ4n) is 2.33. The monoisotopic (exact) mass is 419 g/mol. The third-order valence-corrected chi connectivity index (χ3v) is 5.14. The van der Waals surface area contributed by atoms with Crippen molar-refractivity contribution < 1.29 is 29.4 Å². The smallest absolute Gasteiger partial charge is 0.322 e. The molecule has 162 valence electrons. The van der Waals surface area contributed by atoms with Crippen LogP contribution in [0.2, 0.25) is 0 Å². The van der Waals surface area contributed by atoms with Gasteiger partial charge < -0.3 is 26.6 Å².